The highest BCUT2D eigenvalue weighted by atomic mass is 32.2. The molecule has 0 radical (unpaired) electrons. The second-order valence-electron chi connectivity index (χ2n) is 4.40. The molecule has 0 amide bonds. The highest BCUT2D eigenvalue weighted by Crippen LogP contribution is 2.23. The zero-order valence-corrected chi connectivity index (χ0v) is 11.7. The lowest BCUT2D eigenvalue weighted by molar-refractivity contribution is 0.598. The largest absolute Gasteiger partial charge is 0.398 e. The first kappa shape index (κ1) is 14.8. The molecule has 0 saturated heterocycles. The summed E-state index contributed by atoms with van der Waals surface area (Å²) in [6.07, 6.45) is 3.44. The molecule has 1 aromatic rings. The third-order valence-electron chi connectivity index (χ3n) is 2.84. The molecule has 5 nitrogen and oxygen atoms in total. The van der Waals surface area contributed by atoms with Crippen molar-refractivity contribution in [2.24, 2.45) is 5.14 Å². The van der Waals surface area contributed by atoms with Gasteiger partial charge < -0.3 is 10.6 Å². The van der Waals surface area contributed by atoms with E-state index in [1.165, 1.54) is 18.9 Å². The second kappa shape index (κ2) is 6.06. The minimum absolute atomic E-state index is 0.0202. The van der Waals surface area contributed by atoms with E-state index in [2.05, 4.69) is 11.8 Å². The van der Waals surface area contributed by atoms with Crippen LogP contribution in [0.25, 0.3) is 0 Å². The Kier molecular flexibility index (Phi) is 4.98. The summed E-state index contributed by atoms with van der Waals surface area (Å²) in [5.41, 5.74) is 6.81. The minimum Gasteiger partial charge on any atom is -0.398 e. The summed E-state index contributed by atoms with van der Waals surface area (Å²) in [5.74, 6) is 0. The van der Waals surface area contributed by atoms with Gasteiger partial charge in [0.25, 0.3) is 0 Å². The predicted octanol–water partition coefficient (Wildman–Crippen LogP) is 1.54. The van der Waals surface area contributed by atoms with Crippen molar-refractivity contribution in [3.63, 3.8) is 0 Å². The number of anilines is 2. The summed E-state index contributed by atoms with van der Waals surface area (Å²) in [7, 11) is -1.78. The first-order valence-electron chi connectivity index (χ1n) is 5.99. The molecule has 0 aliphatic carbocycles. The van der Waals surface area contributed by atoms with E-state index in [9.17, 15) is 8.42 Å². The van der Waals surface area contributed by atoms with Gasteiger partial charge in [-0.1, -0.05) is 19.8 Å². The molecule has 4 N–H and O–H groups in total. The summed E-state index contributed by atoms with van der Waals surface area (Å²) >= 11 is 0. The van der Waals surface area contributed by atoms with Crippen LogP contribution in [0.15, 0.2) is 23.1 Å². The average molecular weight is 271 g/mol. The van der Waals surface area contributed by atoms with Crippen molar-refractivity contribution in [1.82, 2.24) is 0 Å². The first-order chi connectivity index (χ1) is 8.36. The molecule has 0 atom stereocenters. The van der Waals surface area contributed by atoms with Crippen LogP contribution in [-0.2, 0) is 10.0 Å². The van der Waals surface area contributed by atoms with Gasteiger partial charge >= 0.3 is 0 Å². The van der Waals surface area contributed by atoms with Crippen LogP contribution in [0, 0.1) is 0 Å². The highest BCUT2D eigenvalue weighted by Gasteiger charge is 2.13. The zero-order valence-electron chi connectivity index (χ0n) is 10.9. The average Bonchev–Trinajstić information content (AvgIpc) is 2.27. The maximum absolute atomic E-state index is 11.2. The third-order valence-corrected chi connectivity index (χ3v) is 3.82. The Bertz CT molecular complexity index is 500. The highest BCUT2D eigenvalue weighted by molar-refractivity contribution is 7.89. The summed E-state index contributed by atoms with van der Waals surface area (Å²) in [6, 6.07) is 4.82. The van der Waals surface area contributed by atoms with Crippen LogP contribution in [0.3, 0.4) is 0 Å². The molecule has 0 aliphatic rings. The van der Waals surface area contributed by atoms with Gasteiger partial charge in [0.1, 0.15) is 4.90 Å². The van der Waals surface area contributed by atoms with Gasteiger partial charge in [0.15, 0.2) is 0 Å². The molecule has 1 aromatic carbocycles. The molecule has 1 rings (SSSR count). The summed E-state index contributed by atoms with van der Waals surface area (Å²) < 4.78 is 22.5. The number of hydrogen-bond acceptors (Lipinski definition) is 4. The summed E-state index contributed by atoms with van der Waals surface area (Å²) in [4.78, 5) is 2.03. The predicted molar refractivity (Wildman–Crippen MR) is 75.0 cm³/mol. The molecule has 0 spiro atoms. The Morgan fingerprint density at radius 2 is 1.94 bits per heavy atom. The van der Waals surface area contributed by atoms with Crippen molar-refractivity contribution in [1.29, 1.82) is 0 Å². The van der Waals surface area contributed by atoms with Crippen LogP contribution in [0.5, 0.6) is 0 Å². The lowest BCUT2D eigenvalue weighted by atomic mass is 10.2. The van der Waals surface area contributed by atoms with Gasteiger partial charge in [-0.25, -0.2) is 13.6 Å². The van der Waals surface area contributed by atoms with Crippen molar-refractivity contribution in [2.75, 3.05) is 24.2 Å². The molecule has 0 aromatic heterocycles. The van der Waals surface area contributed by atoms with Crippen LogP contribution in [-0.4, -0.2) is 22.0 Å². The lowest BCUT2D eigenvalue weighted by Gasteiger charge is -2.20. The van der Waals surface area contributed by atoms with E-state index in [-0.39, 0.29) is 10.6 Å². The third kappa shape index (κ3) is 3.89. The monoisotopic (exact) mass is 271 g/mol. The second-order valence-corrected chi connectivity index (χ2v) is 5.93. The summed E-state index contributed by atoms with van der Waals surface area (Å²) in [6.45, 7) is 3.07. The van der Waals surface area contributed by atoms with Crippen molar-refractivity contribution < 1.29 is 8.42 Å². The lowest BCUT2D eigenvalue weighted by Crippen LogP contribution is -2.19. The fraction of sp³-hybridized carbons (Fsp3) is 0.500. The van der Waals surface area contributed by atoms with Gasteiger partial charge in [-0.2, -0.15) is 0 Å². The first-order valence-corrected chi connectivity index (χ1v) is 7.54. The van der Waals surface area contributed by atoms with Crippen LogP contribution in [0.2, 0.25) is 0 Å². The maximum atomic E-state index is 11.2. The summed E-state index contributed by atoms with van der Waals surface area (Å²) in [5, 5.41) is 5.06. The smallest absolute Gasteiger partial charge is 0.240 e. The van der Waals surface area contributed by atoms with Crippen molar-refractivity contribution in [3.05, 3.63) is 18.2 Å². The standard InChI is InChI=1S/C12H21N3O2S/c1-3-4-5-8-15(2)10-6-7-12(11(13)9-10)18(14,16)17/h6-7,9H,3-5,8,13H2,1-2H3,(H2,14,16,17). The number of nitrogen functional groups attached to an aromatic ring is 1. The zero-order chi connectivity index (χ0) is 13.8. The molecule has 0 heterocycles. The van der Waals surface area contributed by atoms with Gasteiger partial charge in [0, 0.05) is 19.3 Å². The molecule has 0 saturated carbocycles. The number of rotatable bonds is 6. The van der Waals surface area contributed by atoms with E-state index >= 15 is 0 Å². The van der Waals surface area contributed by atoms with E-state index in [1.807, 2.05) is 7.05 Å². The van der Waals surface area contributed by atoms with Gasteiger partial charge in [-0.3, -0.25) is 0 Å². The van der Waals surface area contributed by atoms with Crippen molar-refractivity contribution in [2.45, 2.75) is 31.1 Å². The SMILES string of the molecule is CCCCCN(C)c1ccc(S(N)(=O)=O)c(N)c1. The molecule has 18 heavy (non-hydrogen) atoms. The maximum Gasteiger partial charge on any atom is 0.240 e. The number of nitrogens with zero attached hydrogens (tertiary/aromatic N) is 1. The molecule has 102 valence electrons. The molecular weight excluding hydrogens is 250 g/mol. The number of unbranched alkanes of at least 4 members (excludes halogenated alkanes) is 2. The Morgan fingerprint density at radius 1 is 1.28 bits per heavy atom. The normalized spacial score (nSPS) is 11.5. The Balaban J connectivity index is 2.84. The van der Waals surface area contributed by atoms with Gasteiger partial charge in [-0.05, 0) is 24.6 Å². The molecule has 0 unspecified atom stereocenters. The van der Waals surface area contributed by atoms with Crippen LogP contribution < -0.4 is 15.8 Å². The molecule has 0 aliphatic heterocycles. The molecule has 0 fully saturated rings. The molecular formula is C12H21N3O2S. The number of hydrogen-bond donors (Lipinski definition) is 2. The van der Waals surface area contributed by atoms with Crippen molar-refractivity contribution in [3.8, 4) is 0 Å². The quantitative estimate of drug-likeness (QED) is 0.606. The number of sulfonamides is 1. The van der Waals surface area contributed by atoms with Gasteiger partial charge in [0.2, 0.25) is 10.0 Å². The number of nitrogens with two attached hydrogens (primary N) is 2. The Morgan fingerprint density at radius 3 is 2.44 bits per heavy atom. The molecule has 0 bridgehead atoms. The fourth-order valence-electron chi connectivity index (χ4n) is 1.76. The molecule has 6 heteroatoms. The van der Waals surface area contributed by atoms with Crippen LogP contribution >= 0.6 is 0 Å². The Labute approximate surface area is 109 Å². The van der Waals surface area contributed by atoms with Crippen LogP contribution in [0.4, 0.5) is 11.4 Å². The van der Waals surface area contributed by atoms with Crippen LogP contribution in [0.1, 0.15) is 26.2 Å². The van der Waals surface area contributed by atoms with E-state index in [0.717, 1.165) is 18.7 Å². The van der Waals surface area contributed by atoms with E-state index in [4.69, 9.17) is 10.9 Å². The van der Waals surface area contributed by atoms with E-state index in [1.54, 1.807) is 12.1 Å². The van der Waals surface area contributed by atoms with E-state index < -0.39 is 10.0 Å². The number of benzene rings is 1. The fourth-order valence-corrected chi connectivity index (χ4v) is 2.41. The van der Waals surface area contributed by atoms with Crippen molar-refractivity contribution >= 4 is 21.4 Å². The number of primary sulfonamides is 1. The van der Waals surface area contributed by atoms with Gasteiger partial charge in [-0.15, -0.1) is 0 Å². The Hall–Kier alpha value is -1.27. The minimum atomic E-state index is -3.74. The topological polar surface area (TPSA) is 89.4 Å². The van der Waals surface area contributed by atoms with Gasteiger partial charge in [0.05, 0.1) is 5.69 Å². The van der Waals surface area contributed by atoms with E-state index in [0.29, 0.717) is 0 Å².